The first-order valence-corrected chi connectivity index (χ1v) is 6.10. The Balaban J connectivity index is 2.13. The number of rotatable bonds is 3. The molecule has 0 saturated heterocycles. The number of hydrogen-bond acceptors (Lipinski definition) is 3. The van der Waals surface area contributed by atoms with E-state index < -0.39 is 0 Å². The van der Waals surface area contributed by atoms with Crippen molar-refractivity contribution in [2.24, 2.45) is 0 Å². The number of ether oxygens (including phenoxy) is 1. The Hall–Kier alpha value is -1.26. The van der Waals surface area contributed by atoms with Crippen molar-refractivity contribution < 1.29 is 4.74 Å². The predicted octanol–water partition coefficient (Wildman–Crippen LogP) is 3.66. The van der Waals surface area contributed by atoms with Crippen LogP contribution in [-0.4, -0.2) is 4.98 Å². The second-order valence-corrected chi connectivity index (χ2v) is 4.76. The van der Waals surface area contributed by atoms with Crippen molar-refractivity contribution in [3.8, 4) is 5.75 Å². The number of aromatic nitrogens is 1. The number of anilines is 1. The number of nitrogens with zero attached hydrogens (tertiary/aromatic N) is 1. The van der Waals surface area contributed by atoms with Gasteiger partial charge >= 0.3 is 0 Å². The molecule has 0 radical (unpaired) electrons. The van der Waals surface area contributed by atoms with Crippen molar-refractivity contribution in [1.82, 2.24) is 4.98 Å². The van der Waals surface area contributed by atoms with Crippen molar-refractivity contribution in [1.29, 1.82) is 0 Å². The highest BCUT2D eigenvalue weighted by atomic mass is 79.9. The normalized spacial score (nSPS) is 10.2. The van der Waals surface area contributed by atoms with Gasteiger partial charge < -0.3 is 10.5 Å². The van der Waals surface area contributed by atoms with Crippen molar-refractivity contribution in [2.45, 2.75) is 6.61 Å². The molecule has 2 N–H and O–H groups in total. The van der Waals surface area contributed by atoms with Crippen LogP contribution >= 0.6 is 27.5 Å². The summed E-state index contributed by atoms with van der Waals surface area (Å²) in [6.45, 7) is 0.323. The van der Waals surface area contributed by atoms with Crippen LogP contribution in [0.2, 0.25) is 5.02 Å². The van der Waals surface area contributed by atoms with E-state index in [9.17, 15) is 0 Å². The fourth-order valence-electron chi connectivity index (χ4n) is 1.35. The van der Waals surface area contributed by atoms with Gasteiger partial charge in [-0.05, 0) is 34.1 Å². The van der Waals surface area contributed by atoms with Crippen molar-refractivity contribution in [3.63, 3.8) is 0 Å². The van der Waals surface area contributed by atoms with Gasteiger partial charge in [0.25, 0.3) is 0 Å². The van der Waals surface area contributed by atoms with Gasteiger partial charge in [0.15, 0.2) is 0 Å². The van der Waals surface area contributed by atoms with Crippen molar-refractivity contribution in [3.05, 3.63) is 51.7 Å². The fourth-order valence-corrected chi connectivity index (χ4v) is 1.93. The molecule has 0 spiro atoms. The van der Waals surface area contributed by atoms with E-state index in [2.05, 4.69) is 20.9 Å². The van der Waals surface area contributed by atoms with E-state index in [4.69, 9.17) is 22.1 Å². The molecule has 0 atom stereocenters. The van der Waals surface area contributed by atoms with E-state index in [-0.39, 0.29) is 0 Å². The zero-order valence-corrected chi connectivity index (χ0v) is 11.2. The molecule has 0 fully saturated rings. The molecule has 0 aliphatic rings. The number of nitrogens with two attached hydrogens (primary N) is 1. The van der Waals surface area contributed by atoms with Crippen LogP contribution in [0.5, 0.6) is 5.75 Å². The van der Waals surface area contributed by atoms with E-state index >= 15 is 0 Å². The topological polar surface area (TPSA) is 48.1 Å². The van der Waals surface area contributed by atoms with Crippen LogP contribution in [0.25, 0.3) is 0 Å². The molecule has 0 saturated carbocycles. The maximum absolute atomic E-state index is 6.04. The number of nitrogen functional groups attached to an aromatic ring is 1. The second-order valence-electron chi connectivity index (χ2n) is 3.44. The van der Waals surface area contributed by atoms with Crippen LogP contribution in [0.3, 0.4) is 0 Å². The Labute approximate surface area is 113 Å². The zero-order valence-electron chi connectivity index (χ0n) is 8.86. The van der Waals surface area contributed by atoms with Gasteiger partial charge in [-0.2, -0.15) is 0 Å². The smallest absolute Gasteiger partial charge is 0.139 e. The molecular formula is C12H10BrClN2O. The summed E-state index contributed by atoms with van der Waals surface area (Å²) < 4.78 is 6.44. The molecule has 88 valence electrons. The predicted molar refractivity (Wildman–Crippen MR) is 72.1 cm³/mol. The van der Waals surface area contributed by atoms with Crippen molar-refractivity contribution in [2.75, 3.05) is 5.73 Å². The van der Waals surface area contributed by atoms with E-state index in [1.54, 1.807) is 24.5 Å². The molecule has 1 aromatic heterocycles. The highest BCUT2D eigenvalue weighted by Crippen LogP contribution is 2.24. The largest absolute Gasteiger partial charge is 0.487 e. The zero-order chi connectivity index (χ0) is 12.3. The van der Waals surface area contributed by atoms with E-state index in [1.807, 2.05) is 12.1 Å². The molecular weight excluding hydrogens is 304 g/mol. The Bertz CT molecular complexity index is 513. The molecule has 0 bridgehead atoms. The lowest BCUT2D eigenvalue weighted by molar-refractivity contribution is 0.305. The van der Waals surface area contributed by atoms with E-state index in [0.717, 1.165) is 10.0 Å². The van der Waals surface area contributed by atoms with E-state index in [0.29, 0.717) is 23.1 Å². The summed E-state index contributed by atoms with van der Waals surface area (Å²) in [7, 11) is 0. The third kappa shape index (κ3) is 3.11. The summed E-state index contributed by atoms with van der Waals surface area (Å²) in [6, 6.07) is 7.22. The van der Waals surface area contributed by atoms with Gasteiger partial charge in [-0.25, -0.2) is 0 Å². The van der Waals surface area contributed by atoms with Gasteiger partial charge in [-0.15, -0.1) is 0 Å². The average Bonchev–Trinajstić information content (AvgIpc) is 2.28. The van der Waals surface area contributed by atoms with Gasteiger partial charge in [0.05, 0.1) is 6.20 Å². The van der Waals surface area contributed by atoms with Crippen LogP contribution in [0.15, 0.2) is 41.1 Å². The molecule has 3 nitrogen and oxygen atoms in total. The second kappa shape index (κ2) is 5.38. The molecule has 2 aromatic rings. The first-order chi connectivity index (χ1) is 8.16. The number of benzene rings is 1. The monoisotopic (exact) mass is 312 g/mol. The third-order valence-corrected chi connectivity index (χ3v) is 3.01. The summed E-state index contributed by atoms with van der Waals surface area (Å²) in [5.74, 6) is 0.665. The summed E-state index contributed by atoms with van der Waals surface area (Å²) in [6.07, 6.45) is 3.33. The summed E-state index contributed by atoms with van der Waals surface area (Å²) in [5, 5.41) is 0.605. The van der Waals surface area contributed by atoms with Crippen LogP contribution in [0.4, 0.5) is 5.69 Å². The SMILES string of the molecule is Nc1cccc(Cl)c1COc1cncc(Br)c1. The number of hydrogen-bond donors (Lipinski definition) is 1. The molecule has 1 aromatic carbocycles. The first kappa shape index (κ1) is 12.2. The van der Waals surface area contributed by atoms with Crippen LogP contribution < -0.4 is 10.5 Å². The molecule has 0 aliphatic carbocycles. The summed E-state index contributed by atoms with van der Waals surface area (Å²) in [4.78, 5) is 4.01. The maximum atomic E-state index is 6.04. The maximum Gasteiger partial charge on any atom is 0.139 e. The molecule has 17 heavy (non-hydrogen) atoms. The minimum atomic E-state index is 0.323. The van der Waals surface area contributed by atoms with Crippen LogP contribution in [0.1, 0.15) is 5.56 Å². The summed E-state index contributed by atoms with van der Waals surface area (Å²) >= 11 is 9.37. The minimum Gasteiger partial charge on any atom is -0.487 e. The molecule has 0 unspecified atom stereocenters. The number of pyridine rings is 1. The molecule has 2 rings (SSSR count). The van der Waals surface area contributed by atoms with Gasteiger partial charge in [-0.1, -0.05) is 17.7 Å². The lowest BCUT2D eigenvalue weighted by Gasteiger charge is -2.09. The highest BCUT2D eigenvalue weighted by molar-refractivity contribution is 9.10. The first-order valence-electron chi connectivity index (χ1n) is 4.93. The molecule has 1 heterocycles. The standard InChI is InChI=1S/C12H10BrClN2O/c13-8-4-9(6-16-5-8)17-7-10-11(14)2-1-3-12(10)15/h1-6H,7,15H2. The quantitative estimate of drug-likeness (QED) is 0.880. The molecule has 0 aliphatic heterocycles. The van der Waals surface area contributed by atoms with Gasteiger partial charge in [0.2, 0.25) is 0 Å². The van der Waals surface area contributed by atoms with E-state index in [1.165, 1.54) is 0 Å². The van der Waals surface area contributed by atoms with Gasteiger partial charge in [0, 0.05) is 26.9 Å². The lowest BCUT2D eigenvalue weighted by atomic mass is 10.2. The Morgan fingerprint density at radius 1 is 1.35 bits per heavy atom. The Morgan fingerprint density at radius 2 is 2.18 bits per heavy atom. The Morgan fingerprint density at radius 3 is 2.88 bits per heavy atom. The van der Waals surface area contributed by atoms with Crippen LogP contribution in [-0.2, 0) is 6.61 Å². The average molecular weight is 314 g/mol. The van der Waals surface area contributed by atoms with Crippen LogP contribution in [0, 0.1) is 0 Å². The van der Waals surface area contributed by atoms with Crippen molar-refractivity contribution >= 4 is 33.2 Å². The third-order valence-electron chi connectivity index (χ3n) is 2.22. The fraction of sp³-hybridized carbons (Fsp3) is 0.0833. The number of halogens is 2. The van der Waals surface area contributed by atoms with Gasteiger partial charge in [-0.3, -0.25) is 4.98 Å². The lowest BCUT2D eigenvalue weighted by Crippen LogP contribution is -2.01. The Kier molecular flexibility index (Phi) is 3.86. The highest BCUT2D eigenvalue weighted by Gasteiger charge is 2.05. The molecule has 5 heteroatoms. The minimum absolute atomic E-state index is 0.323. The van der Waals surface area contributed by atoms with Gasteiger partial charge in [0.1, 0.15) is 12.4 Å². The molecule has 0 amide bonds. The summed E-state index contributed by atoms with van der Waals surface area (Å²) in [5.41, 5.74) is 7.24.